The molecule has 1 fully saturated rings. The molecule has 3 aromatic rings. The van der Waals surface area contributed by atoms with E-state index in [-0.39, 0.29) is 23.3 Å². The zero-order valence-electron chi connectivity index (χ0n) is 20.5. The minimum atomic E-state index is -0.652. The van der Waals surface area contributed by atoms with Gasteiger partial charge in [-0.15, -0.1) is 0 Å². The highest BCUT2D eigenvalue weighted by molar-refractivity contribution is 6.15. The Labute approximate surface area is 216 Å². The summed E-state index contributed by atoms with van der Waals surface area (Å²) in [6.07, 6.45) is 9.20. The van der Waals surface area contributed by atoms with Crippen molar-refractivity contribution in [3.63, 3.8) is 0 Å². The van der Waals surface area contributed by atoms with E-state index < -0.39 is 10.8 Å². The molecule has 1 aliphatic heterocycles. The smallest absolute Gasteiger partial charge is 0.269 e. The van der Waals surface area contributed by atoms with Gasteiger partial charge in [-0.2, -0.15) is 0 Å². The monoisotopic (exact) mass is 492 g/mol. The summed E-state index contributed by atoms with van der Waals surface area (Å²) in [5.41, 5.74) is 2.69. The SMILES string of the molecule is O=C(C1=CN(C2CCCCC2)C=C(C(=O)c2ccccc2)C1c1ccc([N+](=O)[O-])cc1)c1ccccc1. The van der Waals surface area contributed by atoms with Crippen molar-refractivity contribution in [2.75, 3.05) is 0 Å². The van der Waals surface area contributed by atoms with Crippen LogP contribution in [0.25, 0.3) is 0 Å². The topological polar surface area (TPSA) is 80.5 Å². The Morgan fingerprint density at radius 1 is 0.703 bits per heavy atom. The van der Waals surface area contributed by atoms with Crippen LogP contribution in [0, 0.1) is 10.1 Å². The van der Waals surface area contributed by atoms with Crippen LogP contribution in [-0.2, 0) is 0 Å². The van der Waals surface area contributed by atoms with E-state index >= 15 is 0 Å². The molecular formula is C31H28N2O4. The van der Waals surface area contributed by atoms with Gasteiger partial charge in [-0.3, -0.25) is 19.7 Å². The summed E-state index contributed by atoms with van der Waals surface area (Å²) in [5, 5.41) is 11.3. The van der Waals surface area contributed by atoms with Gasteiger partial charge in [0.15, 0.2) is 11.6 Å². The highest BCUT2D eigenvalue weighted by atomic mass is 16.6. The number of rotatable bonds is 7. The van der Waals surface area contributed by atoms with Crippen molar-refractivity contribution < 1.29 is 14.5 Å². The molecule has 0 unspecified atom stereocenters. The van der Waals surface area contributed by atoms with Gasteiger partial charge in [0.05, 0.1) is 4.92 Å². The first-order valence-corrected chi connectivity index (χ1v) is 12.7. The number of carbonyl (C=O) groups excluding carboxylic acids is 2. The number of benzene rings is 3. The van der Waals surface area contributed by atoms with Gasteiger partial charge in [0.2, 0.25) is 0 Å². The molecule has 0 N–H and O–H groups in total. The summed E-state index contributed by atoms with van der Waals surface area (Å²) in [6.45, 7) is 0. The average Bonchev–Trinajstić information content (AvgIpc) is 2.97. The van der Waals surface area contributed by atoms with E-state index in [1.165, 1.54) is 18.6 Å². The minimum absolute atomic E-state index is 0.0387. The third-order valence-electron chi connectivity index (χ3n) is 7.23. The molecule has 1 aliphatic carbocycles. The van der Waals surface area contributed by atoms with Gasteiger partial charge in [-0.05, 0) is 18.4 Å². The lowest BCUT2D eigenvalue weighted by atomic mass is 9.77. The largest absolute Gasteiger partial charge is 0.350 e. The first-order chi connectivity index (χ1) is 18.0. The number of non-ortho nitro benzene ring substituents is 1. The number of Topliss-reactive ketones (excluding diaryl/α,β-unsaturated/α-hetero) is 2. The van der Waals surface area contributed by atoms with Crippen LogP contribution in [0.4, 0.5) is 5.69 Å². The lowest BCUT2D eigenvalue weighted by molar-refractivity contribution is -0.384. The number of carbonyl (C=O) groups is 2. The maximum absolute atomic E-state index is 13.9. The first-order valence-electron chi connectivity index (χ1n) is 12.7. The van der Waals surface area contributed by atoms with E-state index in [4.69, 9.17) is 0 Å². The zero-order chi connectivity index (χ0) is 25.8. The predicted molar refractivity (Wildman–Crippen MR) is 142 cm³/mol. The third-order valence-corrected chi connectivity index (χ3v) is 7.23. The highest BCUT2D eigenvalue weighted by Crippen LogP contribution is 2.41. The third kappa shape index (κ3) is 5.14. The van der Waals surface area contributed by atoms with Crippen molar-refractivity contribution in [2.24, 2.45) is 0 Å². The maximum atomic E-state index is 13.9. The van der Waals surface area contributed by atoms with Gasteiger partial charge in [0.1, 0.15) is 0 Å². The molecule has 0 atom stereocenters. The predicted octanol–water partition coefficient (Wildman–Crippen LogP) is 6.86. The van der Waals surface area contributed by atoms with Gasteiger partial charge in [0, 0.05) is 58.8 Å². The van der Waals surface area contributed by atoms with Gasteiger partial charge >= 0.3 is 0 Å². The molecule has 0 spiro atoms. The molecule has 0 amide bonds. The highest BCUT2D eigenvalue weighted by Gasteiger charge is 2.36. The average molecular weight is 493 g/mol. The molecule has 0 radical (unpaired) electrons. The molecule has 186 valence electrons. The number of nitrogens with zero attached hydrogens (tertiary/aromatic N) is 2. The van der Waals surface area contributed by atoms with Gasteiger partial charge < -0.3 is 4.90 Å². The number of hydrogen-bond acceptors (Lipinski definition) is 5. The second-order valence-electron chi connectivity index (χ2n) is 9.58. The molecule has 6 nitrogen and oxygen atoms in total. The van der Waals surface area contributed by atoms with Gasteiger partial charge in [-0.25, -0.2) is 0 Å². The number of ketones is 2. The standard InChI is InChI=1S/C31H28N2O4/c34-30(23-10-4-1-5-11-23)27-20-32(25-14-8-3-9-15-25)21-28(31(35)24-12-6-2-7-13-24)29(27)22-16-18-26(19-17-22)33(36)37/h1-2,4-7,10-13,16-21,25,29H,3,8-9,14-15H2. The quantitative estimate of drug-likeness (QED) is 0.204. The van der Waals surface area contributed by atoms with Gasteiger partial charge in [0.25, 0.3) is 5.69 Å². The molecular weight excluding hydrogens is 464 g/mol. The van der Waals surface area contributed by atoms with Crippen LogP contribution < -0.4 is 0 Å². The summed E-state index contributed by atoms with van der Waals surface area (Å²) >= 11 is 0. The van der Waals surface area contributed by atoms with Crippen LogP contribution in [0.1, 0.15) is 64.3 Å². The normalized spacial score (nSPS) is 16.6. The number of allylic oxidation sites excluding steroid dienone is 2. The van der Waals surface area contributed by atoms with E-state index in [2.05, 4.69) is 4.90 Å². The van der Waals surface area contributed by atoms with Crippen LogP contribution in [0.3, 0.4) is 0 Å². The van der Waals surface area contributed by atoms with Crippen LogP contribution in [0.15, 0.2) is 108 Å². The molecule has 5 rings (SSSR count). The second kappa shape index (κ2) is 10.7. The van der Waals surface area contributed by atoms with Crippen molar-refractivity contribution in [2.45, 2.75) is 44.1 Å². The molecule has 0 bridgehead atoms. The number of hydrogen-bond donors (Lipinski definition) is 0. The Morgan fingerprint density at radius 2 is 1.19 bits per heavy atom. The van der Waals surface area contributed by atoms with Gasteiger partial charge in [-0.1, -0.05) is 92.1 Å². The van der Waals surface area contributed by atoms with Crippen molar-refractivity contribution in [1.29, 1.82) is 0 Å². The van der Waals surface area contributed by atoms with E-state index in [1.54, 1.807) is 36.4 Å². The summed E-state index contributed by atoms with van der Waals surface area (Å²) in [4.78, 5) is 40.8. The van der Waals surface area contributed by atoms with Crippen LogP contribution >= 0.6 is 0 Å². The molecule has 6 heteroatoms. The van der Waals surface area contributed by atoms with Crippen molar-refractivity contribution in [3.8, 4) is 0 Å². The zero-order valence-corrected chi connectivity index (χ0v) is 20.5. The minimum Gasteiger partial charge on any atom is -0.350 e. The lowest BCUT2D eigenvalue weighted by Crippen LogP contribution is -2.35. The van der Waals surface area contributed by atoms with Crippen LogP contribution in [0.2, 0.25) is 0 Å². The Balaban J connectivity index is 1.66. The Hall–Kier alpha value is -4.32. The van der Waals surface area contributed by atoms with E-state index in [9.17, 15) is 19.7 Å². The Kier molecular flexibility index (Phi) is 7.08. The Bertz CT molecular complexity index is 1290. The lowest BCUT2D eigenvalue weighted by Gasteiger charge is -2.37. The molecule has 1 saturated carbocycles. The summed E-state index contributed by atoms with van der Waals surface area (Å²) in [6, 6.07) is 24.5. The number of nitro groups is 1. The van der Waals surface area contributed by atoms with Crippen molar-refractivity contribution >= 4 is 17.3 Å². The Morgan fingerprint density at radius 3 is 1.65 bits per heavy atom. The fourth-order valence-corrected chi connectivity index (χ4v) is 5.30. The summed E-state index contributed by atoms with van der Waals surface area (Å²) in [7, 11) is 0. The molecule has 0 saturated heterocycles. The van der Waals surface area contributed by atoms with E-state index in [0.29, 0.717) is 27.8 Å². The molecule has 0 aromatic heterocycles. The molecule has 1 heterocycles. The molecule has 3 aromatic carbocycles. The van der Waals surface area contributed by atoms with Crippen molar-refractivity contribution in [3.05, 3.63) is 135 Å². The van der Waals surface area contributed by atoms with Crippen LogP contribution in [0.5, 0.6) is 0 Å². The second-order valence-corrected chi connectivity index (χ2v) is 9.58. The van der Waals surface area contributed by atoms with Crippen LogP contribution in [-0.4, -0.2) is 27.4 Å². The number of nitro benzene ring substituents is 1. The fourth-order valence-electron chi connectivity index (χ4n) is 5.30. The molecule has 37 heavy (non-hydrogen) atoms. The molecule has 2 aliphatic rings. The summed E-state index contributed by atoms with van der Waals surface area (Å²) in [5.74, 6) is -0.964. The maximum Gasteiger partial charge on any atom is 0.269 e. The van der Waals surface area contributed by atoms with E-state index in [1.807, 2.05) is 48.8 Å². The summed E-state index contributed by atoms with van der Waals surface area (Å²) < 4.78 is 0. The van der Waals surface area contributed by atoms with Crippen molar-refractivity contribution in [1.82, 2.24) is 4.90 Å². The fraction of sp³-hybridized carbons (Fsp3) is 0.226. The van der Waals surface area contributed by atoms with E-state index in [0.717, 1.165) is 25.7 Å². The first kappa shape index (κ1) is 24.4.